The topological polar surface area (TPSA) is 95.9 Å². The number of amides is 1. The van der Waals surface area contributed by atoms with Crippen molar-refractivity contribution in [3.63, 3.8) is 0 Å². The van der Waals surface area contributed by atoms with Gasteiger partial charge in [0, 0.05) is 6.42 Å². The number of hydrogen-bond acceptors (Lipinski definition) is 5. The molecule has 6 heteroatoms. The molecule has 0 saturated heterocycles. The van der Waals surface area contributed by atoms with Crippen LogP contribution in [-0.2, 0) is 14.3 Å². The molecule has 0 radical (unpaired) electrons. The van der Waals surface area contributed by atoms with Crippen molar-refractivity contribution in [1.82, 2.24) is 5.32 Å². The van der Waals surface area contributed by atoms with E-state index in [1.807, 2.05) is 0 Å². The van der Waals surface area contributed by atoms with E-state index >= 15 is 0 Å². The Labute approximate surface area is 310 Å². The minimum Gasteiger partial charge on any atom is -0.462 e. The van der Waals surface area contributed by atoms with Crippen LogP contribution in [-0.4, -0.2) is 46.9 Å². The molecule has 3 unspecified atom stereocenters. The van der Waals surface area contributed by atoms with Crippen molar-refractivity contribution in [2.45, 2.75) is 238 Å². The lowest BCUT2D eigenvalue weighted by Crippen LogP contribution is -2.46. The van der Waals surface area contributed by atoms with Crippen LogP contribution in [0.3, 0.4) is 0 Å². The van der Waals surface area contributed by atoms with Gasteiger partial charge >= 0.3 is 5.97 Å². The first-order chi connectivity index (χ1) is 24.5. The van der Waals surface area contributed by atoms with Crippen molar-refractivity contribution in [2.75, 3.05) is 6.61 Å². The second kappa shape index (κ2) is 38.6. The number of unbranched alkanes of at least 4 members (excludes halogenated alkanes) is 22. The Kier molecular flexibility index (Phi) is 37.3. The van der Waals surface area contributed by atoms with Crippen LogP contribution >= 0.6 is 0 Å². The number of carbonyl (C=O) groups excluding carboxylic acids is 2. The Hall–Kier alpha value is -1.66. The Morgan fingerprint density at radius 2 is 0.980 bits per heavy atom. The quantitative estimate of drug-likeness (QED) is 0.0337. The van der Waals surface area contributed by atoms with Gasteiger partial charge in [-0.1, -0.05) is 161 Å². The lowest BCUT2D eigenvalue weighted by molar-refractivity contribution is -0.151. The van der Waals surface area contributed by atoms with Gasteiger partial charge in [0.25, 0.3) is 0 Å². The molecule has 0 aromatic heterocycles. The predicted molar refractivity (Wildman–Crippen MR) is 213 cm³/mol. The highest BCUT2D eigenvalue weighted by Crippen LogP contribution is 2.17. The fourth-order valence-corrected chi connectivity index (χ4v) is 6.40. The van der Waals surface area contributed by atoms with Crippen LogP contribution in [0.5, 0.6) is 0 Å². The van der Waals surface area contributed by atoms with Crippen molar-refractivity contribution >= 4 is 11.9 Å². The van der Waals surface area contributed by atoms with Crippen LogP contribution in [0.25, 0.3) is 0 Å². The zero-order valence-electron chi connectivity index (χ0n) is 33.3. The highest BCUT2D eigenvalue weighted by atomic mass is 16.5. The summed E-state index contributed by atoms with van der Waals surface area (Å²) < 4.78 is 5.86. The first-order valence-corrected chi connectivity index (χ1v) is 21.6. The van der Waals surface area contributed by atoms with E-state index in [0.29, 0.717) is 19.3 Å². The molecule has 0 fully saturated rings. The summed E-state index contributed by atoms with van der Waals surface area (Å²) in [7, 11) is 0. The van der Waals surface area contributed by atoms with Gasteiger partial charge in [-0.15, -0.1) is 0 Å². The molecule has 3 atom stereocenters. The molecule has 0 aromatic rings. The number of ether oxygens (including phenoxy) is 1. The molecule has 0 rings (SSSR count). The van der Waals surface area contributed by atoms with Gasteiger partial charge in [-0.2, -0.15) is 0 Å². The van der Waals surface area contributed by atoms with Crippen molar-refractivity contribution in [3.05, 3.63) is 24.3 Å². The lowest BCUT2D eigenvalue weighted by atomic mass is 10.0. The highest BCUT2D eigenvalue weighted by Gasteiger charge is 2.24. The van der Waals surface area contributed by atoms with Crippen LogP contribution in [0.1, 0.15) is 220 Å². The molecule has 50 heavy (non-hydrogen) atoms. The molecular formula is C44H83NO5. The van der Waals surface area contributed by atoms with E-state index in [1.54, 1.807) is 0 Å². The van der Waals surface area contributed by atoms with E-state index in [4.69, 9.17) is 4.74 Å². The van der Waals surface area contributed by atoms with Crippen LogP contribution in [0.15, 0.2) is 24.3 Å². The summed E-state index contributed by atoms with van der Waals surface area (Å²) in [6.07, 6.45) is 41.0. The normalized spacial score (nSPS) is 13.6. The van der Waals surface area contributed by atoms with Gasteiger partial charge in [0.15, 0.2) is 0 Å². The smallest absolute Gasteiger partial charge is 0.306 e. The SMILES string of the molecule is CCCC/C=C\CCCCCC(CC(=O)NC(CO)C(O)CCCCCCCCCCCC)OC(=O)CCCCCCC/C=C\CCCCC. The predicted octanol–water partition coefficient (Wildman–Crippen LogP) is 12.0. The molecular weight excluding hydrogens is 622 g/mol. The summed E-state index contributed by atoms with van der Waals surface area (Å²) in [5.41, 5.74) is 0. The number of hydrogen-bond donors (Lipinski definition) is 3. The monoisotopic (exact) mass is 706 g/mol. The van der Waals surface area contributed by atoms with Crippen LogP contribution < -0.4 is 5.32 Å². The molecule has 3 N–H and O–H groups in total. The third-order valence-electron chi connectivity index (χ3n) is 9.75. The van der Waals surface area contributed by atoms with Crippen molar-refractivity contribution in [1.29, 1.82) is 0 Å². The second-order valence-corrected chi connectivity index (χ2v) is 14.7. The Bertz CT molecular complexity index is 797. The number of allylic oxidation sites excluding steroid dienone is 4. The summed E-state index contributed by atoms with van der Waals surface area (Å²) in [4.78, 5) is 25.8. The summed E-state index contributed by atoms with van der Waals surface area (Å²) >= 11 is 0. The molecule has 0 bridgehead atoms. The van der Waals surface area contributed by atoms with Crippen LogP contribution in [0, 0.1) is 0 Å². The zero-order valence-corrected chi connectivity index (χ0v) is 33.3. The van der Waals surface area contributed by atoms with Gasteiger partial charge in [0.2, 0.25) is 5.91 Å². The van der Waals surface area contributed by atoms with Gasteiger partial charge in [-0.05, 0) is 70.6 Å². The molecule has 0 spiro atoms. The Balaban J connectivity index is 4.58. The fourth-order valence-electron chi connectivity index (χ4n) is 6.40. The van der Waals surface area contributed by atoms with E-state index in [-0.39, 0.29) is 24.9 Å². The Morgan fingerprint density at radius 1 is 0.560 bits per heavy atom. The molecule has 1 amide bonds. The van der Waals surface area contributed by atoms with Gasteiger partial charge in [0.05, 0.1) is 25.2 Å². The van der Waals surface area contributed by atoms with Crippen molar-refractivity contribution in [3.8, 4) is 0 Å². The minimum absolute atomic E-state index is 0.0656. The first kappa shape index (κ1) is 48.3. The molecule has 0 aromatic carbocycles. The largest absolute Gasteiger partial charge is 0.462 e. The van der Waals surface area contributed by atoms with E-state index in [9.17, 15) is 19.8 Å². The average molecular weight is 706 g/mol. The number of carbonyl (C=O) groups is 2. The fraction of sp³-hybridized carbons (Fsp3) is 0.864. The van der Waals surface area contributed by atoms with Crippen molar-refractivity contribution in [2.24, 2.45) is 0 Å². The molecule has 0 aliphatic rings. The van der Waals surface area contributed by atoms with Crippen LogP contribution in [0.4, 0.5) is 0 Å². The van der Waals surface area contributed by atoms with Gasteiger partial charge in [-0.3, -0.25) is 9.59 Å². The summed E-state index contributed by atoms with van der Waals surface area (Å²) in [5.74, 6) is -0.501. The van der Waals surface area contributed by atoms with Gasteiger partial charge in [-0.25, -0.2) is 0 Å². The lowest BCUT2D eigenvalue weighted by Gasteiger charge is -2.24. The highest BCUT2D eigenvalue weighted by molar-refractivity contribution is 5.77. The van der Waals surface area contributed by atoms with Crippen molar-refractivity contribution < 1.29 is 24.5 Å². The maximum Gasteiger partial charge on any atom is 0.306 e. The van der Waals surface area contributed by atoms with E-state index in [1.165, 1.54) is 96.3 Å². The van der Waals surface area contributed by atoms with Gasteiger partial charge in [0.1, 0.15) is 6.10 Å². The van der Waals surface area contributed by atoms with E-state index in [2.05, 4.69) is 50.4 Å². The summed E-state index contributed by atoms with van der Waals surface area (Å²) in [6, 6.07) is -0.700. The maximum absolute atomic E-state index is 13.0. The second-order valence-electron chi connectivity index (χ2n) is 14.7. The molecule has 0 aliphatic heterocycles. The van der Waals surface area contributed by atoms with E-state index in [0.717, 1.165) is 77.0 Å². The standard InChI is InChI=1S/C44H83NO5/c1-4-7-10-13-16-19-21-22-25-28-31-34-37-44(49)50-40(35-32-29-26-23-18-15-12-9-6-3)38-43(48)45-41(39-46)42(47)36-33-30-27-24-20-17-14-11-8-5-2/h15-16,18-19,40-42,46-47H,4-14,17,20-39H2,1-3H3,(H,45,48)/b18-15-,19-16-. The van der Waals surface area contributed by atoms with Crippen LogP contribution in [0.2, 0.25) is 0 Å². The van der Waals surface area contributed by atoms with E-state index < -0.39 is 18.2 Å². The third-order valence-corrected chi connectivity index (χ3v) is 9.75. The molecule has 0 aliphatic carbocycles. The Morgan fingerprint density at radius 3 is 1.54 bits per heavy atom. The first-order valence-electron chi connectivity index (χ1n) is 21.6. The number of rotatable bonds is 38. The average Bonchev–Trinajstić information content (AvgIpc) is 3.10. The number of esters is 1. The number of aliphatic hydroxyl groups is 2. The minimum atomic E-state index is -0.786. The maximum atomic E-state index is 13.0. The third kappa shape index (κ3) is 33.5. The van der Waals surface area contributed by atoms with Gasteiger partial charge < -0.3 is 20.3 Å². The summed E-state index contributed by atoms with van der Waals surface area (Å²) in [5, 5.41) is 23.5. The number of nitrogens with one attached hydrogen (secondary N) is 1. The molecule has 0 heterocycles. The molecule has 294 valence electrons. The molecule has 6 nitrogen and oxygen atoms in total. The zero-order chi connectivity index (χ0) is 36.8. The number of aliphatic hydroxyl groups excluding tert-OH is 2. The summed E-state index contributed by atoms with van der Waals surface area (Å²) in [6.45, 7) is 6.38. The molecule has 0 saturated carbocycles.